The average Bonchev–Trinajstić information content (AvgIpc) is 2.75. The lowest BCUT2D eigenvalue weighted by molar-refractivity contribution is -0.125. The van der Waals surface area contributed by atoms with Crippen LogP contribution in [0, 0.1) is 5.92 Å². The van der Waals surface area contributed by atoms with Crippen molar-refractivity contribution in [1.29, 1.82) is 0 Å². The summed E-state index contributed by atoms with van der Waals surface area (Å²) in [6.45, 7) is 1.80. The summed E-state index contributed by atoms with van der Waals surface area (Å²) in [6.07, 6.45) is 1.42. The number of hydrogen-bond acceptors (Lipinski definition) is 4. The van der Waals surface area contributed by atoms with E-state index in [9.17, 15) is 14.0 Å². The van der Waals surface area contributed by atoms with Gasteiger partial charge < -0.3 is 0 Å². The van der Waals surface area contributed by atoms with Gasteiger partial charge in [-0.2, -0.15) is 5.10 Å². The highest BCUT2D eigenvalue weighted by atomic mass is 19.1. The number of amides is 3. The van der Waals surface area contributed by atoms with Gasteiger partial charge in [0.05, 0.1) is 0 Å². The molecule has 6 nitrogen and oxygen atoms in total. The molecular weight excluding hydrogens is 251 g/mol. The number of hydrogen-bond donors (Lipinski definition) is 2. The summed E-state index contributed by atoms with van der Waals surface area (Å²) < 4.78 is 13.0. The summed E-state index contributed by atoms with van der Waals surface area (Å²) in [7, 11) is 0. The van der Waals surface area contributed by atoms with E-state index in [4.69, 9.17) is 0 Å². The lowest BCUT2D eigenvalue weighted by Gasteiger charge is -2.22. The van der Waals surface area contributed by atoms with E-state index >= 15 is 0 Å². The number of halogens is 1. The predicted molar refractivity (Wildman–Crippen MR) is 68.7 cm³/mol. The van der Waals surface area contributed by atoms with Crippen LogP contribution in [0.4, 0.5) is 9.18 Å². The molecule has 2 N–H and O–H groups in total. The van der Waals surface area contributed by atoms with Crippen LogP contribution in [0.15, 0.2) is 10.2 Å². The van der Waals surface area contributed by atoms with Crippen molar-refractivity contribution in [2.45, 2.75) is 45.2 Å². The van der Waals surface area contributed by atoms with Crippen LogP contribution in [0.2, 0.25) is 0 Å². The molecule has 1 aliphatic heterocycles. The van der Waals surface area contributed by atoms with Crippen LogP contribution < -0.4 is 10.6 Å². The molecule has 0 atom stereocenters. The minimum atomic E-state index is -0.814. The smallest absolute Gasteiger partial charge is 0.294 e. The Labute approximate surface area is 110 Å². The lowest BCUT2D eigenvalue weighted by Crippen LogP contribution is -2.45. The summed E-state index contributed by atoms with van der Waals surface area (Å²) in [5, 5.41) is 12.3. The molecule has 0 spiro atoms. The van der Waals surface area contributed by atoms with E-state index in [0.29, 0.717) is 37.9 Å². The molecule has 0 bridgehead atoms. The molecule has 19 heavy (non-hydrogen) atoms. The van der Waals surface area contributed by atoms with Crippen molar-refractivity contribution in [3.8, 4) is 0 Å². The second kappa shape index (κ2) is 5.90. The van der Waals surface area contributed by atoms with Gasteiger partial charge in [-0.3, -0.25) is 15.4 Å². The van der Waals surface area contributed by atoms with Gasteiger partial charge in [-0.1, -0.05) is 0 Å². The normalized spacial score (nSPS) is 26.4. The Morgan fingerprint density at radius 1 is 1.21 bits per heavy atom. The van der Waals surface area contributed by atoms with Crippen LogP contribution >= 0.6 is 0 Å². The molecule has 0 unspecified atom stereocenters. The highest BCUT2D eigenvalue weighted by Crippen LogP contribution is 2.26. The summed E-state index contributed by atoms with van der Waals surface area (Å²) in [6, 6.07) is -0.601. The monoisotopic (exact) mass is 268 g/mol. The second-order valence-electron chi connectivity index (χ2n) is 4.95. The molecule has 0 saturated heterocycles. The molecule has 1 fully saturated rings. The molecule has 0 radical (unpaired) electrons. The Morgan fingerprint density at radius 2 is 1.89 bits per heavy atom. The van der Waals surface area contributed by atoms with Crippen molar-refractivity contribution >= 4 is 23.5 Å². The predicted octanol–water partition coefficient (Wildman–Crippen LogP) is 1.52. The SMILES string of the molecule is CC1=NN=C(NC(=O)NC(=O)C2CCC(F)CC2)C1. The number of carbonyl (C=O) groups is 2. The Morgan fingerprint density at radius 3 is 2.47 bits per heavy atom. The van der Waals surface area contributed by atoms with Crippen molar-refractivity contribution in [1.82, 2.24) is 10.6 Å². The van der Waals surface area contributed by atoms with Crippen LogP contribution in [0.3, 0.4) is 0 Å². The van der Waals surface area contributed by atoms with Crippen LogP contribution in [0.1, 0.15) is 39.0 Å². The van der Waals surface area contributed by atoms with E-state index < -0.39 is 12.2 Å². The van der Waals surface area contributed by atoms with Gasteiger partial charge in [0.1, 0.15) is 12.0 Å². The average molecular weight is 268 g/mol. The zero-order chi connectivity index (χ0) is 13.8. The first kappa shape index (κ1) is 13.6. The number of alkyl halides is 1. The molecule has 1 aliphatic carbocycles. The Balaban J connectivity index is 1.75. The zero-order valence-electron chi connectivity index (χ0n) is 10.8. The van der Waals surface area contributed by atoms with E-state index in [1.165, 1.54) is 0 Å². The van der Waals surface area contributed by atoms with Crippen molar-refractivity contribution in [2.75, 3.05) is 0 Å². The Hall–Kier alpha value is -1.79. The Kier molecular flexibility index (Phi) is 4.24. The third-order valence-corrected chi connectivity index (χ3v) is 3.29. The van der Waals surface area contributed by atoms with E-state index in [1.807, 2.05) is 0 Å². The van der Waals surface area contributed by atoms with Crippen molar-refractivity contribution < 1.29 is 14.0 Å². The van der Waals surface area contributed by atoms with E-state index in [2.05, 4.69) is 20.8 Å². The highest BCUT2D eigenvalue weighted by molar-refractivity contribution is 6.12. The first-order valence-corrected chi connectivity index (χ1v) is 6.40. The van der Waals surface area contributed by atoms with Gasteiger partial charge in [0, 0.05) is 18.1 Å². The van der Waals surface area contributed by atoms with Gasteiger partial charge in [-0.05, 0) is 32.6 Å². The summed E-state index contributed by atoms with van der Waals surface area (Å²) >= 11 is 0. The minimum absolute atomic E-state index is 0.277. The molecular formula is C12H17FN4O2. The third-order valence-electron chi connectivity index (χ3n) is 3.29. The van der Waals surface area contributed by atoms with E-state index in [1.54, 1.807) is 6.92 Å². The van der Waals surface area contributed by atoms with Crippen molar-refractivity contribution in [2.24, 2.45) is 16.1 Å². The maximum absolute atomic E-state index is 13.0. The molecule has 0 aromatic heterocycles. The maximum Gasteiger partial charge on any atom is 0.326 e. The number of amidine groups is 1. The first-order chi connectivity index (χ1) is 9.04. The van der Waals surface area contributed by atoms with Crippen LogP contribution in [-0.2, 0) is 4.79 Å². The highest BCUT2D eigenvalue weighted by Gasteiger charge is 2.27. The number of imide groups is 1. The molecule has 104 valence electrons. The van der Waals surface area contributed by atoms with Gasteiger partial charge in [-0.25, -0.2) is 9.18 Å². The van der Waals surface area contributed by atoms with E-state index in [-0.39, 0.29) is 11.8 Å². The number of nitrogens with zero attached hydrogens (tertiary/aromatic N) is 2. The van der Waals surface area contributed by atoms with Crippen molar-refractivity contribution in [3.63, 3.8) is 0 Å². The summed E-state index contributed by atoms with van der Waals surface area (Å²) in [4.78, 5) is 23.4. The molecule has 1 heterocycles. The standard InChI is InChI=1S/C12H17FN4O2/c1-7-6-10(17-16-7)14-12(19)15-11(18)8-2-4-9(13)5-3-8/h8-9H,2-6H2,1H3,(H2,14,15,17,18,19). The fourth-order valence-electron chi connectivity index (χ4n) is 2.22. The number of rotatable bonds is 1. The first-order valence-electron chi connectivity index (χ1n) is 6.40. The molecule has 2 aliphatic rings. The van der Waals surface area contributed by atoms with Crippen LogP contribution in [-0.4, -0.2) is 29.7 Å². The summed E-state index contributed by atoms with van der Waals surface area (Å²) in [5.74, 6) is -0.197. The number of urea groups is 1. The largest absolute Gasteiger partial charge is 0.326 e. The lowest BCUT2D eigenvalue weighted by atomic mass is 9.87. The fraction of sp³-hybridized carbons (Fsp3) is 0.667. The third kappa shape index (κ3) is 3.84. The Bertz CT molecular complexity index is 439. The molecule has 1 saturated carbocycles. The van der Waals surface area contributed by atoms with Crippen LogP contribution in [0.5, 0.6) is 0 Å². The van der Waals surface area contributed by atoms with Crippen molar-refractivity contribution in [3.05, 3.63) is 0 Å². The topological polar surface area (TPSA) is 82.9 Å². The van der Waals surface area contributed by atoms with Gasteiger partial charge >= 0.3 is 6.03 Å². The molecule has 7 heteroatoms. The number of carbonyl (C=O) groups excluding carboxylic acids is 2. The van der Waals surface area contributed by atoms with Gasteiger partial charge in [-0.15, -0.1) is 5.10 Å². The molecule has 3 amide bonds. The molecule has 2 rings (SSSR count). The quantitative estimate of drug-likeness (QED) is 0.755. The number of nitrogens with one attached hydrogen (secondary N) is 2. The van der Waals surface area contributed by atoms with Gasteiger partial charge in [0.15, 0.2) is 0 Å². The minimum Gasteiger partial charge on any atom is -0.294 e. The molecule has 0 aromatic carbocycles. The van der Waals surface area contributed by atoms with Crippen LogP contribution in [0.25, 0.3) is 0 Å². The summed E-state index contributed by atoms with van der Waals surface area (Å²) in [5.41, 5.74) is 0.808. The zero-order valence-corrected chi connectivity index (χ0v) is 10.8. The van der Waals surface area contributed by atoms with Gasteiger partial charge in [0.2, 0.25) is 5.91 Å². The van der Waals surface area contributed by atoms with Gasteiger partial charge in [0.25, 0.3) is 0 Å². The second-order valence-corrected chi connectivity index (χ2v) is 4.95. The fourth-order valence-corrected chi connectivity index (χ4v) is 2.22. The molecule has 0 aromatic rings. The van der Waals surface area contributed by atoms with E-state index in [0.717, 1.165) is 5.71 Å². The maximum atomic E-state index is 13.0.